The first kappa shape index (κ1) is 16.9. The maximum absolute atomic E-state index is 13.5. The van der Waals surface area contributed by atoms with Gasteiger partial charge in [-0.05, 0) is 6.92 Å². The van der Waals surface area contributed by atoms with E-state index in [1.807, 2.05) is 0 Å². The van der Waals surface area contributed by atoms with Crippen LogP contribution in [0.4, 0.5) is 22.0 Å². The van der Waals surface area contributed by atoms with Gasteiger partial charge in [0.2, 0.25) is 5.82 Å². The van der Waals surface area contributed by atoms with Crippen molar-refractivity contribution < 1.29 is 36.6 Å². The minimum Gasteiger partial charge on any atom is -0.481 e. The van der Waals surface area contributed by atoms with Gasteiger partial charge in [-0.1, -0.05) is 0 Å². The first-order valence-electron chi connectivity index (χ1n) is 5.74. The molecule has 0 bridgehead atoms. The number of amides is 1. The van der Waals surface area contributed by atoms with Crippen molar-refractivity contribution in [2.75, 3.05) is 13.1 Å². The predicted octanol–water partition coefficient (Wildman–Crippen LogP) is 2.32. The van der Waals surface area contributed by atoms with Crippen molar-refractivity contribution in [2.24, 2.45) is 0 Å². The monoisotopic (exact) mass is 311 g/mol. The Bertz CT molecular complexity index is 562. The van der Waals surface area contributed by atoms with Crippen molar-refractivity contribution >= 4 is 11.9 Å². The van der Waals surface area contributed by atoms with Gasteiger partial charge in [0.1, 0.15) is 5.56 Å². The van der Waals surface area contributed by atoms with E-state index >= 15 is 0 Å². The third-order valence-corrected chi connectivity index (χ3v) is 2.69. The van der Waals surface area contributed by atoms with E-state index in [0.29, 0.717) is 4.90 Å². The number of carboxylic acids is 1. The van der Waals surface area contributed by atoms with Crippen LogP contribution in [0.5, 0.6) is 0 Å². The van der Waals surface area contributed by atoms with E-state index < -0.39 is 59.5 Å². The topological polar surface area (TPSA) is 57.6 Å². The Kier molecular flexibility index (Phi) is 5.23. The molecule has 9 heteroatoms. The molecule has 0 fully saturated rings. The standard InChI is InChI=1S/C12H10F5NO3/c1-2-18(4-3-5(19)20)12(21)6-7(13)9(15)11(17)10(16)8(6)14/h2-4H2,1H3,(H,19,20). The Hall–Kier alpha value is -2.19. The SMILES string of the molecule is CCN(CCC(=O)O)C(=O)c1c(F)c(F)c(F)c(F)c1F. The number of carboxylic acid groups (broad SMARTS) is 1. The molecule has 0 saturated heterocycles. The normalized spacial score (nSPS) is 10.6. The molecular formula is C12H10F5NO3. The molecule has 0 aliphatic rings. The molecule has 1 aromatic carbocycles. The second-order valence-corrected chi connectivity index (χ2v) is 3.97. The van der Waals surface area contributed by atoms with Crippen LogP contribution in [0.2, 0.25) is 0 Å². The average molecular weight is 311 g/mol. The Morgan fingerprint density at radius 2 is 1.38 bits per heavy atom. The molecule has 116 valence electrons. The summed E-state index contributed by atoms with van der Waals surface area (Å²) in [5.74, 6) is -14.1. The third kappa shape index (κ3) is 3.29. The van der Waals surface area contributed by atoms with Gasteiger partial charge in [-0.2, -0.15) is 0 Å². The highest BCUT2D eigenvalue weighted by Crippen LogP contribution is 2.24. The van der Waals surface area contributed by atoms with Crippen LogP contribution in [-0.4, -0.2) is 35.0 Å². The van der Waals surface area contributed by atoms with Crippen LogP contribution in [0.25, 0.3) is 0 Å². The van der Waals surface area contributed by atoms with Gasteiger partial charge in [-0.25, -0.2) is 22.0 Å². The van der Waals surface area contributed by atoms with Gasteiger partial charge in [0.05, 0.1) is 6.42 Å². The molecule has 0 heterocycles. The van der Waals surface area contributed by atoms with Crippen LogP contribution in [0, 0.1) is 29.1 Å². The lowest BCUT2D eigenvalue weighted by molar-refractivity contribution is -0.137. The minimum absolute atomic E-state index is 0.161. The molecule has 0 saturated carbocycles. The number of nitrogens with zero attached hydrogens (tertiary/aromatic N) is 1. The van der Waals surface area contributed by atoms with Gasteiger partial charge >= 0.3 is 5.97 Å². The lowest BCUT2D eigenvalue weighted by atomic mass is 10.1. The largest absolute Gasteiger partial charge is 0.481 e. The molecule has 0 aliphatic carbocycles. The molecule has 1 rings (SSSR count). The van der Waals surface area contributed by atoms with E-state index in [9.17, 15) is 31.5 Å². The molecule has 1 amide bonds. The fourth-order valence-electron chi connectivity index (χ4n) is 1.58. The molecule has 21 heavy (non-hydrogen) atoms. The van der Waals surface area contributed by atoms with Crippen molar-refractivity contribution in [3.63, 3.8) is 0 Å². The number of halogens is 5. The summed E-state index contributed by atoms with van der Waals surface area (Å²) in [6, 6.07) is 0. The first-order chi connectivity index (χ1) is 9.72. The van der Waals surface area contributed by atoms with Gasteiger partial charge in [0.25, 0.3) is 5.91 Å². The van der Waals surface area contributed by atoms with Crippen molar-refractivity contribution in [3.8, 4) is 0 Å². The van der Waals surface area contributed by atoms with Gasteiger partial charge in [-0.15, -0.1) is 0 Å². The molecule has 4 nitrogen and oxygen atoms in total. The average Bonchev–Trinajstić information content (AvgIpc) is 2.43. The molecule has 1 N–H and O–H groups in total. The van der Waals surface area contributed by atoms with E-state index in [-0.39, 0.29) is 6.54 Å². The summed E-state index contributed by atoms with van der Waals surface area (Å²) in [6.45, 7) is 0.779. The lowest BCUT2D eigenvalue weighted by Crippen LogP contribution is -2.34. The molecule has 0 aromatic heterocycles. The molecule has 0 unspecified atom stereocenters. The zero-order valence-electron chi connectivity index (χ0n) is 10.7. The van der Waals surface area contributed by atoms with E-state index in [1.54, 1.807) is 0 Å². The number of carbonyl (C=O) groups excluding carboxylic acids is 1. The second kappa shape index (κ2) is 6.51. The molecular weight excluding hydrogens is 301 g/mol. The third-order valence-electron chi connectivity index (χ3n) is 2.69. The maximum Gasteiger partial charge on any atom is 0.305 e. The highest BCUT2D eigenvalue weighted by Gasteiger charge is 2.31. The number of hydrogen-bond acceptors (Lipinski definition) is 2. The van der Waals surface area contributed by atoms with Crippen molar-refractivity contribution in [1.82, 2.24) is 4.90 Å². The first-order valence-corrected chi connectivity index (χ1v) is 5.74. The van der Waals surface area contributed by atoms with Crippen LogP contribution in [-0.2, 0) is 4.79 Å². The highest BCUT2D eigenvalue weighted by atomic mass is 19.2. The number of rotatable bonds is 5. The summed E-state index contributed by atoms with van der Waals surface area (Å²) in [5.41, 5.74) is -1.60. The Morgan fingerprint density at radius 3 is 1.76 bits per heavy atom. The van der Waals surface area contributed by atoms with E-state index in [1.165, 1.54) is 6.92 Å². The molecule has 0 spiro atoms. The van der Waals surface area contributed by atoms with E-state index in [4.69, 9.17) is 5.11 Å². The fraction of sp³-hybridized carbons (Fsp3) is 0.333. The number of hydrogen-bond donors (Lipinski definition) is 1. The maximum atomic E-state index is 13.5. The summed E-state index contributed by atoms with van der Waals surface area (Å²) in [4.78, 5) is 22.9. The van der Waals surface area contributed by atoms with Crippen molar-refractivity contribution in [3.05, 3.63) is 34.6 Å². The van der Waals surface area contributed by atoms with Crippen LogP contribution in [0.1, 0.15) is 23.7 Å². The zero-order valence-corrected chi connectivity index (χ0v) is 10.7. The number of aliphatic carboxylic acids is 1. The summed E-state index contributed by atoms with van der Waals surface area (Å²) in [7, 11) is 0. The smallest absolute Gasteiger partial charge is 0.305 e. The summed E-state index contributed by atoms with van der Waals surface area (Å²) >= 11 is 0. The number of carbonyl (C=O) groups is 2. The van der Waals surface area contributed by atoms with E-state index in [2.05, 4.69) is 0 Å². The van der Waals surface area contributed by atoms with Crippen LogP contribution in [0.15, 0.2) is 0 Å². The van der Waals surface area contributed by atoms with Gasteiger partial charge in [0, 0.05) is 13.1 Å². The lowest BCUT2D eigenvalue weighted by Gasteiger charge is -2.20. The van der Waals surface area contributed by atoms with Crippen molar-refractivity contribution in [2.45, 2.75) is 13.3 Å². The van der Waals surface area contributed by atoms with Gasteiger partial charge < -0.3 is 10.0 Å². The van der Waals surface area contributed by atoms with Crippen molar-refractivity contribution in [1.29, 1.82) is 0 Å². The summed E-state index contributed by atoms with van der Waals surface area (Å²) in [5, 5.41) is 8.49. The Balaban J connectivity index is 3.26. The summed E-state index contributed by atoms with van der Waals surface area (Å²) in [6.07, 6.45) is -0.533. The van der Waals surface area contributed by atoms with Gasteiger partial charge in [-0.3, -0.25) is 9.59 Å². The molecule has 1 aromatic rings. The Morgan fingerprint density at radius 1 is 0.952 bits per heavy atom. The minimum atomic E-state index is -2.37. The quantitative estimate of drug-likeness (QED) is 0.516. The fourth-order valence-corrected chi connectivity index (χ4v) is 1.58. The second-order valence-electron chi connectivity index (χ2n) is 3.97. The van der Waals surface area contributed by atoms with E-state index in [0.717, 1.165) is 0 Å². The molecule has 0 aliphatic heterocycles. The predicted molar refractivity (Wildman–Crippen MR) is 60.1 cm³/mol. The number of benzene rings is 1. The highest BCUT2D eigenvalue weighted by molar-refractivity contribution is 5.95. The molecule has 0 atom stereocenters. The van der Waals surface area contributed by atoms with Crippen LogP contribution < -0.4 is 0 Å². The Labute approximate surface area is 115 Å². The van der Waals surface area contributed by atoms with Crippen LogP contribution in [0.3, 0.4) is 0 Å². The summed E-state index contributed by atoms with van der Waals surface area (Å²) < 4.78 is 65.8. The molecule has 0 radical (unpaired) electrons. The van der Waals surface area contributed by atoms with Gasteiger partial charge in [0.15, 0.2) is 23.3 Å². The zero-order chi connectivity index (χ0) is 16.3. The van der Waals surface area contributed by atoms with Crippen LogP contribution >= 0.6 is 0 Å².